The summed E-state index contributed by atoms with van der Waals surface area (Å²) in [5.41, 5.74) is 5.31. The second-order valence-electron chi connectivity index (χ2n) is 6.51. The average Bonchev–Trinajstić information content (AvgIpc) is 3.00. The molecular formula is C22H19NO2. The van der Waals surface area contributed by atoms with Gasteiger partial charge in [0.05, 0.1) is 6.04 Å². The van der Waals surface area contributed by atoms with E-state index in [1.807, 2.05) is 24.3 Å². The maximum Gasteiger partial charge on any atom is 0.161 e. The van der Waals surface area contributed by atoms with Crippen LogP contribution in [-0.4, -0.2) is 19.3 Å². The van der Waals surface area contributed by atoms with Crippen molar-refractivity contribution in [1.29, 1.82) is 0 Å². The summed E-state index contributed by atoms with van der Waals surface area (Å²) in [5.74, 6) is 1.66. The second kappa shape index (κ2) is 5.94. The Balaban J connectivity index is 1.37. The van der Waals surface area contributed by atoms with Gasteiger partial charge in [0.15, 0.2) is 11.5 Å². The molecule has 0 saturated carbocycles. The van der Waals surface area contributed by atoms with Gasteiger partial charge in [0.25, 0.3) is 0 Å². The van der Waals surface area contributed by atoms with Crippen LogP contribution in [0.25, 0.3) is 11.1 Å². The third-order valence-corrected chi connectivity index (χ3v) is 4.95. The Morgan fingerprint density at radius 2 is 1.36 bits per heavy atom. The summed E-state index contributed by atoms with van der Waals surface area (Å²) < 4.78 is 11.9. The van der Waals surface area contributed by atoms with Crippen LogP contribution in [0.3, 0.4) is 0 Å². The molecule has 1 heterocycles. The monoisotopic (exact) mass is 329 g/mol. The van der Waals surface area contributed by atoms with E-state index in [2.05, 4.69) is 53.8 Å². The van der Waals surface area contributed by atoms with Gasteiger partial charge in [-0.15, -0.1) is 0 Å². The third kappa shape index (κ3) is 2.48. The highest BCUT2D eigenvalue weighted by Gasteiger charge is 2.29. The molecule has 3 heteroatoms. The molecule has 1 aliphatic heterocycles. The van der Waals surface area contributed by atoms with Gasteiger partial charge >= 0.3 is 0 Å². The normalized spacial score (nSPS) is 17.8. The fraction of sp³-hybridized carbons (Fsp3) is 0.182. The van der Waals surface area contributed by atoms with Crippen LogP contribution in [-0.2, 0) is 0 Å². The van der Waals surface area contributed by atoms with Crippen LogP contribution >= 0.6 is 0 Å². The zero-order valence-electron chi connectivity index (χ0n) is 13.8. The highest BCUT2D eigenvalue weighted by Crippen LogP contribution is 2.43. The number of hydrogen-bond acceptors (Lipinski definition) is 3. The zero-order valence-corrected chi connectivity index (χ0v) is 13.8. The smallest absolute Gasteiger partial charge is 0.161 e. The molecule has 0 aromatic heterocycles. The minimum absolute atomic E-state index is 0.00910. The number of fused-ring (bicyclic) bond motifs is 4. The standard InChI is InChI=1S/C22H19NO2/c1-3-9-18-16(7-1)17-8-2-4-10-19(17)22(18)23-13-15-14-24-20-11-5-6-12-21(20)25-15/h1-12,15,22-23H,13-14H2/t15-/m1/s1. The quantitative estimate of drug-likeness (QED) is 0.782. The van der Waals surface area contributed by atoms with Crippen molar-refractivity contribution in [2.24, 2.45) is 0 Å². The van der Waals surface area contributed by atoms with Gasteiger partial charge in [-0.25, -0.2) is 0 Å². The van der Waals surface area contributed by atoms with E-state index in [0.29, 0.717) is 6.61 Å². The molecule has 3 aromatic rings. The molecule has 0 amide bonds. The molecule has 124 valence electrons. The first-order valence-electron chi connectivity index (χ1n) is 8.70. The van der Waals surface area contributed by atoms with Gasteiger partial charge in [-0.2, -0.15) is 0 Å². The largest absolute Gasteiger partial charge is 0.486 e. The van der Waals surface area contributed by atoms with Crippen molar-refractivity contribution < 1.29 is 9.47 Å². The van der Waals surface area contributed by atoms with Gasteiger partial charge in [-0.05, 0) is 34.4 Å². The molecule has 1 aliphatic carbocycles. The van der Waals surface area contributed by atoms with Crippen molar-refractivity contribution in [3.05, 3.63) is 83.9 Å². The molecule has 3 nitrogen and oxygen atoms in total. The summed E-state index contributed by atoms with van der Waals surface area (Å²) in [4.78, 5) is 0. The summed E-state index contributed by atoms with van der Waals surface area (Å²) in [6, 6.07) is 25.3. The van der Waals surface area contributed by atoms with Crippen LogP contribution in [0, 0.1) is 0 Å². The van der Waals surface area contributed by atoms with E-state index in [0.717, 1.165) is 18.0 Å². The highest BCUT2D eigenvalue weighted by atomic mass is 16.6. The summed E-state index contributed by atoms with van der Waals surface area (Å²) >= 11 is 0. The van der Waals surface area contributed by atoms with E-state index in [1.54, 1.807) is 0 Å². The lowest BCUT2D eigenvalue weighted by Gasteiger charge is -2.28. The predicted molar refractivity (Wildman–Crippen MR) is 98.1 cm³/mol. The molecule has 0 unspecified atom stereocenters. The van der Waals surface area contributed by atoms with E-state index in [1.165, 1.54) is 22.3 Å². The van der Waals surface area contributed by atoms with Gasteiger partial charge in [0.2, 0.25) is 0 Å². The molecular weight excluding hydrogens is 310 g/mol. The highest BCUT2D eigenvalue weighted by molar-refractivity contribution is 5.78. The number of rotatable bonds is 3. The van der Waals surface area contributed by atoms with Crippen LogP contribution < -0.4 is 14.8 Å². The molecule has 1 N–H and O–H groups in total. The molecule has 5 rings (SSSR count). The van der Waals surface area contributed by atoms with E-state index < -0.39 is 0 Å². The van der Waals surface area contributed by atoms with Crippen LogP contribution in [0.2, 0.25) is 0 Å². The second-order valence-corrected chi connectivity index (χ2v) is 6.51. The molecule has 0 bridgehead atoms. The number of ether oxygens (including phenoxy) is 2. The van der Waals surface area contributed by atoms with Crippen LogP contribution in [0.15, 0.2) is 72.8 Å². The molecule has 0 saturated heterocycles. The lowest BCUT2D eigenvalue weighted by atomic mass is 10.1. The van der Waals surface area contributed by atoms with Crippen LogP contribution in [0.1, 0.15) is 17.2 Å². The van der Waals surface area contributed by atoms with Gasteiger partial charge in [0.1, 0.15) is 12.7 Å². The fourth-order valence-corrected chi connectivity index (χ4v) is 3.79. The first-order chi connectivity index (χ1) is 12.4. The van der Waals surface area contributed by atoms with E-state index in [9.17, 15) is 0 Å². The first kappa shape index (κ1) is 14.6. The molecule has 1 atom stereocenters. The SMILES string of the molecule is c1ccc2c(c1)OC[C@@H](CNC1c3ccccc3-c3ccccc31)O2. The number of nitrogens with one attached hydrogen (secondary N) is 1. The summed E-state index contributed by atoms with van der Waals surface area (Å²) in [5, 5.41) is 3.69. The Kier molecular flexibility index (Phi) is 3.46. The van der Waals surface area contributed by atoms with Gasteiger partial charge in [0, 0.05) is 6.54 Å². The molecule has 0 spiro atoms. The first-order valence-corrected chi connectivity index (χ1v) is 8.70. The predicted octanol–water partition coefficient (Wildman–Crippen LogP) is 4.19. The Morgan fingerprint density at radius 3 is 2.08 bits per heavy atom. The minimum atomic E-state index is 0.00910. The minimum Gasteiger partial charge on any atom is -0.486 e. The Morgan fingerprint density at radius 1 is 0.760 bits per heavy atom. The maximum absolute atomic E-state index is 6.08. The molecule has 0 fully saturated rings. The van der Waals surface area contributed by atoms with Crippen molar-refractivity contribution in [1.82, 2.24) is 5.32 Å². The van der Waals surface area contributed by atoms with Gasteiger partial charge in [-0.3, -0.25) is 0 Å². The Labute approximate surface area is 147 Å². The Bertz CT molecular complexity index is 876. The van der Waals surface area contributed by atoms with E-state index >= 15 is 0 Å². The van der Waals surface area contributed by atoms with Crippen molar-refractivity contribution in [3.8, 4) is 22.6 Å². The Hall–Kier alpha value is -2.78. The number of hydrogen-bond donors (Lipinski definition) is 1. The topological polar surface area (TPSA) is 30.5 Å². The molecule has 25 heavy (non-hydrogen) atoms. The lowest BCUT2D eigenvalue weighted by molar-refractivity contribution is 0.0891. The molecule has 3 aromatic carbocycles. The molecule has 0 radical (unpaired) electrons. The fourth-order valence-electron chi connectivity index (χ4n) is 3.79. The van der Waals surface area contributed by atoms with Gasteiger partial charge < -0.3 is 14.8 Å². The van der Waals surface area contributed by atoms with E-state index in [-0.39, 0.29) is 12.1 Å². The molecule has 2 aliphatic rings. The maximum atomic E-state index is 6.08. The number of para-hydroxylation sites is 2. The summed E-state index contributed by atoms with van der Waals surface area (Å²) in [7, 11) is 0. The third-order valence-electron chi connectivity index (χ3n) is 4.95. The summed E-state index contributed by atoms with van der Waals surface area (Å²) in [6.07, 6.45) is 0.00910. The zero-order chi connectivity index (χ0) is 16.6. The van der Waals surface area contributed by atoms with Gasteiger partial charge in [-0.1, -0.05) is 60.7 Å². The van der Waals surface area contributed by atoms with Crippen LogP contribution in [0.5, 0.6) is 11.5 Å². The number of benzene rings is 3. The van der Waals surface area contributed by atoms with Crippen LogP contribution in [0.4, 0.5) is 0 Å². The lowest BCUT2D eigenvalue weighted by Crippen LogP contribution is -2.39. The van der Waals surface area contributed by atoms with Crippen molar-refractivity contribution in [3.63, 3.8) is 0 Å². The van der Waals surface area contributed by atoms with Crippen molar-refractivity contribution >= 4 is 0 Å². The van der Waals surface area contributed by atoms with E-state index in [4.69, 9.17) is 9.47 Å². The van der Waals surface area contributed by atoms with Crippen molar-refractivity contribution in [2.75, 3.05) is 13.2 Å². The van der Waals surface area contributed by atoms with Crippen molar-refractivity contribution in [2.45, 2.75) is 12.1 Å². The average molecular weight is 329 g/mol. The summed E-state index contributed by atoms with van der Waals surface area (Å²) in [6.45, 7) is 1.31.